The van der Waals surface area contributed by atoms with Gasteiger partial charge in [0.2, 0.25) is 0 Å². The quantitative estimate of drug-likeness (QED) is 0.590. The molecule has 5 nitrogen and oxygen atoms in total. The third-order valence-electron chi connectivity index (χ3n) is 1.83. The molecule has 88 valence electrons. The van der Waals surface area contributed by atoms with Crippen molar-refractivity contribution >= 4 is 11.8 Å². The summed E-state index contributed by atoms with van der Waals surface area (Å²) in [5.41, 5.74) is -1.51. The van der Waals surface area contributed by atoms with Gasteiger partial charge in [-0.05, 0) is 13.8 Å². The van der Waals surface area contributed by atoms with Crippen LogP contribution in [0.5, 0.6) is 0 Å². The molecule has 3 N–H and O–H groups in total. The van der Waals surface area contributed by atoms with Crippen molar-refractivity contribution in [2.24, 2.45) is 0 Å². The van der Waals surface area contributed by atoms with E-state index in [0.29, 0.717) is 0 Å². The van der Waals surface area contributed by atoms with Gasteiger partial charge in [0.05, 0.1) is 12.5 Å². The maximum absolute atomic E-state index is 11.7. The number of hydrogen-bond donors (Lipinski definition) is 3. The summed E-state index contributed by atoms with van der Waals surface area (Å²) in [5, 5.41) is 21.0. The van der Waals surface area contributed by atoms with E-state index in [4.69, 9.17) is 5.11 Å². The molecule has 0 saturated heterocycles. The predicted octanol–water partition coefficient (Wildman–Crippen LogP) is 0.168. The minimum absolute atomic E-state index is 0.0133. The maximum atomic E-state index is 11.7. The number of carboxylic acids is 1. The maximum Gasteiger partial charge on any atom is 0.305 e. The second kappa shape index (κ2) is 5.23. The first-order valence-corrected chi connectivity index (χ1v) is 4.89. The number of carboxylic acid groups (broad SMARTS) is 1. The van der Waals surface area contributed by atoms with E-state index in [0.717, 1.165) is 0 Å². The Bertz CT molecular complexity index is 242. The van der Waals surface area contributed by atoms with Gasteiger partial charge in [-0.2, -0.15) is 0 Å². The van der Waals surface area contributed by atoms with E-state index < -0.39 is 23.4 Å². The molecule has 0 aromatic carbocycles. The largest absolute Gasteiger partial charge is 0.481 e. The van der Waals surface area contributed by atoms with Crippen molar-refractivity contribution in [3.05, 3.63) is 0 Å². The Morgan fingerprint density at radius 3 is 2.07 bits per heavy atom. The van der Waals surface area contributed by atoms with Crippen molar-refractivity contribution in [2.45, 2.75) is 51.8 Å². The molecule has 0 fully saturated rings. The van der Waals surface area contributed by atoms with Crippen LogP contribution >= 0.6 is 0 Å². The summed E-state index contributed by atoms with van der Waals surface area (Å²) >= 11 is 0. The highest BCUT2D eigenvalue weighted by atomic mass is 16.4. The number of carbonyl (C=O) groups excluding carboxylic acids is 1. The van der Waals surface area contributed by atoms with Crippen LogP contribution in [0.15, 0.2) is 0 Å². The highest BCUT2D eigenvalue weighted by molar-refractivity contribution is 5.93. The van der Waals surface area contributed by atoms with Gasteiger partial charge in [-0.1, -0.05) is 13.8 Å². The summed E-state index contributed by atoms with van der Waals surface area (Å²) < 4.78 is 0. The zero-order chi connectivity index (χ0) is 12.2. The Labute approximate surface area is 89.5 Å². The van der Waals surface area contributed by atoms with Crippen molar-refractivity contribution in [1.82, 2.24) is 5.32 Å². The van der Waals surface area contributed by atoms with Crippen LogP contribution in [0.2, 0.25) is 0 Å². The average molecular weight is 217 g/mol. The van der Waals surface area contributed by atoms with Gasteiger partial charge < -0.3 is 15.5 Å². The highest BCUT2D eigenvalue weighted by Gasteiger charge is 2.33. The zero-order valence-corrected chi connectivity index (χ0v) is 9.57. The lowest BCUT2D eigenvalue weighted by Crippen LogP contribution is -2.50. The van der Waals surface area contributed by atoms with Crippen molar-refractivity contribution in [3.63, 3.8) is 0 Å². The van der Waals surface area contributed by atoms with Crippen LogP contribution in [0.4, 0.5) is 0 Å². The minimum Gasteiger partial charge on any atom is -0.481 e. The summed E-state index contributed by atoms with van der Waals surface area (Å²) in [7, 11) is 0. The lowest BCUT2D eigenvalue weighted by Gasteiger charge is -2.25. The Kier molecular flexibility index (Phi) is 4.90. The molecule has 0 amide bonds. The van der Waals surface area contributed by atoms with Gasteiger partial charge in [-0.15, -0.1) is 0 Å². The average Bonchev–Trinajstić information content (AvgIpc) is 1.98. The number of nitrogens with one attached hydrogen (secondary N) is 1. The van der Waals surface area contributed by atoms with E-state index in [2.05, 4.69) is 5.32 Å². The number of aliphatic carboxylic acids is 1. The number of Topliss-reactive ketones (excluding diaryl/α,β-unsaturated/α-hetero) is 1. The first-order valence-electron chi connectivity index (χ1n) is 4.89. The van der Waals surface area contributed by atoms with Gasteiger partial charge in [0.1, 0.15) is 5.60 Å². The van der Waals surface area contributed by atoms with Crippen LogP contribution in [-0.4, -0.2) is 39.7 Å². The molecule has 0 heterocycles. The van der Waals surface area contributed by atoms with Gasteiger partial charge in [-0.25, -0.2) is 0 Å². The summed E-state index contributed by atoms with van der Waals surface area (Å²) in [6.07, 6.45) is -0.318. The van der Waals surface area contributed by atoms with E-state index in [1.807, 2.05) is 13.8 Å². The van der Waals surface area contributed by atoms with Gasteiger partial charge in [0.15, 0.2) is 5.78 Å². The van der Waals surface area contributed by atoms with Crippen LogP contribution in [0.1, 0.15) is 34.1 Å². The summed E-state index contributed by atoms with van der Waals surface area (Å²) in [6, 6.07) is -0.858. The zero-order valence-electron chi connectivity index (χ0n) is 9.57. The van der Waals surface area contributed by atoms with E-state index in [1.54, 1.807) is 0 Å². The van der Waals surface area contributed by atoms with E-state index >= 15 is 0 Å². The Morgan fingerprint density at radius 1 is 1.33 bits per heavy atom. The van der Waals surface area contributed by atoms with E-state index in [1.165, 1.54) is 13.8 Å². The topological polar surface area (TPSA) is 86.6 Å². The van der Waals surface area contributed by atoms with Crippen LogP contribution < -0.4 is 5.32 Å². The van der Waals surface area contributed by atoms with Crippen LogP contribution in [0.25, 0.3) is 0 Å². The molecule has 5 heteroatoms. The first-order chi connectivity index (χ1) is 6.64. The van der Waals surface area contributed by atoms with E-state index in [9.17, 15) is 14.7 Å². The summed E-state index contributed by atoms with van der Waals surface area (Å²) in [4.78, 5) is 22.2. The molecule has 1 unspecified atom stereocenters. The SMILES string of the molecule is CC(C)NC(CC(=O)O)C(=O)C(C)(C)O. The minimum atomic E-state index is -1.51. The second-order valence-electron chi connectivity index (χ2n) is 4.40. The smallest absolute Gasteiger partial charge is 0.305 e. The molecule has 0 aliphatic rings. The van der Waals surface area contributed by atoms with Crippen molar-refractivity contribution in [3.8, 4) is 0 Å². The molecule has 0 bridgehead atoms. The standard InChI is InChI=1S/C10H19NO4/c1-6(2)11-7(5-8(12)13)9(14)10(3,4)15/h6-7,11,15H,5H2,1-4H3,(H,12,13). The lowest BCUT2D eigenvalue weighted by molar-refractivity contribution is -0.143. The fourth-order valence-corrected chi connectivity index (χ4v) is 1.23. The number of rotatable bonds is 6. The molecule has 0 aromatic rings. The first kappa shape index (κ1) is 14.1. The second-order valence-corrected chi connectivity index (χ2v) is 4.40. The number of ketones is 1. The molecule has 0 rings (SSSR count). The van der Waals surface area contributed by atoms with Crippen LogP contribution in [0.3, 0.4) is 0 Å². The Hall–Kier alpha value is -0.940. The number of carbonyl (C=O) groups is 2. The molecule has 0 aliphatic carbocycles. The molecule has 0 aromatic heterocycles. The molecule has 0 saturated carbocycles. The normalized spacial score (nSPS) is 14.0. The third kappa shape index (κ3) is 5.49. The van der Waals surface area contributed by atoms with Gasteiger partial charge in [-0.3, -0.25) is 9.59 Å². The van der Waals surface area contributed by atoms with Crippen molar-refractivity contribution < 1.29 is 19.8 Å². The third-order valence-corrected chi connectivity index (χ3v) is 1.83. The molecule has 0 spiro atoms. The fraction of sp³-hybridized carbons (Fsp3) is 0.800. The monoisotopic (exact) mass is 217 g/mol. The Balaban J connectivity index is 4.62. The lowest BCUT2D eigenvalue weighted by atomic mass is 9.94. The Morgan fingerprint density at radius 2 is 1.80 bits per heavy atom. The molecular weight excluding hydrogens is 198 g/mol. The van der Waals surface area contributed by atoms with Gasteiger partial charge in [0, 0.05) is 6.04 Å². The molecule has 1 atom stereocenters. The van der Waals surface area contributed by atoms with Crippen molar-refractivity contribution in [1.29, 1.82) is 0 Å². The predicted molar refractivity (Wildman–Crippen MR) is 55.6 cm³/mol. The summed E-state index contributed by atoms with van der Waals surface area (Å²) in [5.74, 6) is -1.57. The number of hydrogen-bond acceptors (Lipinski definition) is 4. The summed E-state index contributed by atoms with van der Waals surface area (Å²) in [6.45, 7) is 6.33. The highest BCUT2D eigenvalue weighted by Crippen LogP contribution is 2.09. The van der Waals surface area contributed by atoms with Gasteiger partial charge >= 0.3 is 5.97 Å². The fourth-order valence-electron chi connectivity index (χ4n) is 1.23. The van der Waals surface area contributed by atoms with Crippen LogP contribution in [-0.2, 0) is 9.59 Å². The molecule has 0 aliphatic heterocycles. The molecule has 15 heavy (non-hydrogen) atoms. The van der Waals surface area contributed by atoms with Crippen LogP contribution in [0, 0.1) is 0 Å². The molecular formula is C10H19NO4. The molecule has 0 radical (unpaired) electrons. The van der Waals surface area contributed by atoms with Gasteiger partial charge in [0.25, 0.3) is 0 Å². The number of aliphatic hydroxyl groups is 1. The van der Waals surface area contributed by atoms with E-state index in [-0.39, 0.29) is 12.5 Å². The van der Waals surface area contributed by atoms with Crippen molar-refractivity contribution in [2.75, 3.05) is 0 Å².